The lowest BCUT2D eigenvalue weighted by molar-refractivity contribution is -0.135. The van der Waals surface area contributed by atoms with Gasteiger partial charge in [0.25, 0.3) is 5.91 Å². The van der Waals surface area contributed by atoms with Gasteiger partial charge in [0.05, 0.1) is 0 Å². The average Bonchev–Trinajstić information content (AvgIpc) is 3.43. The van der Waals surface area contributed by atoms with Crippen molar-refractivity contribution in [3.63, 3.8) is 0 Å². The van der Waals surface area contributed by atoms with Gasteiger partial charge in [0.15, 0.2) is 0 Å². The third-order valence-electron chi connectivity index (χ3n) is 6.81. The Labute approximate surface area is 215 Å². The molecule has 2 aromatic heterocycles. The van der Waals surface area contributed by atoms with Crippen LogP contribution in [0, 0.1) is 11.3 Å². The highest BCUT2D eigenvalue weighted by atomic mass is 16.2. The van der Waals surface area contributed by atoms with Crippen molar-refractivity contribution in [2.45, 2.75) is 12.5 Å². The van der Waals surface area contributed by atoms with Crippen LogP contribution in [-0.2, 0) is 11.2 Å². The van der Waals surface area contributed by atoms with Crippen molar-refractivity contribution in [1.82, 2.24) is 25.1 Å². The third kappa shape index (κ3) is 5.68. The molecule has 186 valence electrons. The molecule has 1 aliphatic rings. The van der Waals surface area contributed by atoms with Gasteiger partial charge in [-0.2, -0.15) is 5.26 Å². The summed E-state index contributed by atoms with van der Waals surface area (Å²) in [6, 6.07) is 21.9. The second-order valence-corrected chi connectivity index (χ2v) is 9.17. The van der Waals surface area contributed by atoms with E-state index in [1.54, 1.807) is 18.3 Å². The smallest absolute Gasteiger partial charge is 0.252 e. The number of hydrogen-bond donors (Lipinski definition) is 2. The number of aromatic amines is 1. The van der Waals surface area contributed by atoms with Crippen LogP contribution in [0.5, 0.6) is 0 Å². The minimum Gasteiger partial charge on any atom is -0.361 e. The average molecular weight is 493 g/mol. The summed E-state index contributed by atoms with van der Waals surface area (Å²) in [4.78, 5) is 38.1. The number of amides is 2. The van der Waals surface area contributed by atoms with Crippen molar-refractivity contribution >= 4 is 22.7 Å². The second-order valence-electron chi connectivity index (χ2n) is 9.17. The summed E-state index contributed by atoms with van der Waals surface area (Å²) in [5.74, 6) is -0.389. The van der Waals surface area contributed by atoms with E-state index in [4.69, 9.17) is 5.26 Å². The minimum atomic E-state index is -0.763. The standard InChI is InChI=1S/C29H28N6O2/c30-20-25-18-21(8-11-31-25)10-13-34-14-16-35(17-15-34)29(37)27(23-4-2-1-3-5-23)33-28(36)24-7-6-22-9-12-32-26(22)19-24/h1-9,11-12,18-19,27,32H,10,13-17H2,(H,33,36)/t27-/m1/s1. The fourth-order valence-electron chi connectivity index (χ4n) is 4.69. The zero-order valence-corrected chi connectivity index (χ0v) is 20.4. The molecular weight excluding hydrogens is 464 g/mol. The fourth-order valence-corrected chi connectivity index (χ4v) is 4.69. The van der Waals surface area contributed by atoms with Crippen molar-refractivity contribution < 1.29 is 9.59 Å². The Balaban J connectivity index is 1.23. The van der Waals surface area contributed by atoms with Crippen LogP contribution in [0.15, 0.2) is 79.1 Å². The molecule has 5 rings (SSSR count). The number of hydrogen-bond acceptors (Lipinski definition) is 5. The van der Waals surface area contributed by atoms with E-state index < -0.39 is 6.04 Å². The molecule has 2 amide bonds. The number of piperazine rings is 1. The largest absolute Gasteiger partial charge is 0.361 e. The molecule has 0 radical (unpaired) electrons. The molecule has 0 saturated carbocycles. The number of nitrogens with zero attached hydrogens (tertiary/aromatic N) is 4. The van der Waals surface area contributed by atoms with Gasteiger partial charge in [-0.3, -0.25) is 14.5 Å². The van der Waals surface area contributed by atoms with Crippen LogP contribution in [-0.4, -0.2) is 64.3 Å². The first-order valence-corrected chi connectivity index (χ1v) is 12.4. The summed E-state index contributed by atoms with van der Waals surface area (Å²) in [7, 11) is 0. The van der Waals surface area contributed by atoms with Gasteiger partial charge in [-0.15, -0.1) is 0 Å². The lowest BCUT2D eigenvalue weighted by Gasteiger charge is -2.36. The van der Waals surface area contributed by atoms with Gasteiger partial charge in [-0.1, -0.05) is 36.4 Å². The predicted octanol–water partition coefficient (Wildman–Crippen LogP) is 3.29. The fraction of sp³-hybridized carbons (Fsp3) is 0.241. The van der Waals surface area contributed by atoms with Gasteiger partial charge in [0.2, 0.25) is 5.91 Å². The Hall–Kier alpha value is -4.48. The van der Waals surface area contributed by atoms with Gasteiger partial charge in [0, 0.05) is 56.2 Å². The summed E-state index contributed by atoms with van der Waals surface area (Å²) in [6.07, 6.45) is 4.32. The lowest BCUT2D eigenvalue weighted by atomic mass is 10.0. The number of carbonyl (C=O) groups is 2. The molecule has 0 spiro atoms. The minimum absolute atomic E-state index is 0.104. The van der Waals surface area contributed by atoms with Crippen molar-refractivity contribution in [3.8, 4) is 6.07 Å². The van der Waals surface area contributed by atoms with Gasteiger partial charge < -0.3 is 15.2 Å². The molecular formula is C29H28N6O2. The summed E-state index contributed by atoms with van der Waals surface area (Å²) in [5, 5.41) is 13.1. The quantitative estimate of drug-likeness (QED) is 0.412. The van der Waals surface area contributed by atoms with Crippen molar-refractivity contribution in [1.29, 1.82) is 5.26 Å². The van der Waals surface area contributed by atoms with Crippen molar-refractivity contribution in [3.05, 3.63) is 102 Å². The van der Waals surface area contributed by atoms with E-state index >= 15 is 0 Å². The highest BCUT2D eigenvalue weighted by molar-refractivity contribution is 6.00. The molecule has 1 saturated heterocycles. The summed E-state index contributed by atoms with van der Waals surface area (Å²) in [5.41, 5.74) is 3.64. The monoisotopic (exact) mass is 492 g/mol. The maximum atomic E-state index is 13.6. The maximum Gasteiger partial charge on any atom is 0.252 e. The van der Waals surface area contributed by atoms with Gasteiger partial charge >= 0.3 is 0 Å². The van der Waals surface area contributed by atoms with Crippen molar-refractivity contribution in [2.75, 3.05) is 32.7 Å². The van der Waals surface area contributed by atoms with Crippen LogP contribution in [0.1, 0.15) is 33.2 Å². The molecule has 1 fully saturated rings. The molecule has 2 aromatic carbocycles. The van der Waals surface area contributed by atoms with Crippen LogP contribution in [0.2, 0.25) is 0 Å². The molecule has 1 aliphatic heterocycles. The highest BCUT2D eigenvalue weighted by Crippen LogP contribution is 2.20. The number of nitriles is 1. The lowest BCUT2D eigenvalue weighted by Crippen LogP contribution is -2.52. The molecule has 1 atom stereocenters. The summed E-state index contributed by atoms with van der Waals surface area (Å²) in [6.45, 7) is 3.53. The third-order valence-corrected chi connectivity index (χ3v) is 6.81. The Morgan fingerprint density at radius 3 is 2.62 bits per heavy atom. The van der Waals surface area contributed by atoms with E-state index in [9.17, 15) is 9.59 Å². The van der Waals surface area contributed by atoms with E-state index in [1.807, 2.05) is 65.7 Å². The molecule has 37 heavy (non-hydrogen) atoms. The predicted molar refractivity (Wildman–Crippen MR) is 141 cm³/mol. The second kappa shape index (κ2) is 11.1. The zero-order chi connectivity index (χ0) is 25.6. The molecule has 0 bridgehead atoms. The first-order valence-electron chi connectivity index (χ1n) is 12.4. The van der Waals surface area contributed by atoms with Crippen LogP contribution in [0.4, 0.5) is 0 Å². The zero-order valence-electron chi connectivity index (χ0n) is 20.4. The molecule has 0 unspecified atom stereocenters. The van der Waals surface area contributed by atoms with Crippen LogP contribution in [0.3, 0.4) is 0 Å². The number of fused-ring (bicyclic) bond motifs is 1. The first kappa shape index (κ1) is 24.2. The molecule has 0 aliphatic carbocycles. The van der Waals surface area contributed by atoms with Crippen molar-refractivity contribution in [2.24, 2.45) is 0 Å². The van der Waals surface area contributed by atoms with E-state index in [0.717, 1.165) is 48.1 Å². The number of benzene rings is 2. The number of nitrogens with one attached hydrogen (secondary N) is 2. The topological polar surface area (TPSA) is 105 Å². The molecule has 4 aromatic rings. The van der Waals surface area contributed by atoms with E-state index in [0.29, 0.717) is 24.3 Å². The van der Waals surface area contributed by atoms with Crippen LogP contribution < -0.4 is 5.32 Å². The van der Waals surface area contributed by atoms with Crippen LogP contribution in [0.25, 0.3) is 10.9 Å². The maximum absolute atomic E-state index is 13.6. The van der Waals surface area contributed by atoms with Gasteiger partial charge in [-0.05, 0) is 53.3 Å². The molecule has 8 nitrogen and oxygen atoms in total. The number of rotatable bonds is 7. The SMILES string of the molecule is N#Cc1cc(CCN2CCN(C(=O)[C@H](NC(=O)c3ccc4cc[nH]c4c3)c3ccccc3)CC2)ccn1. The highest BCUT2D eigenvalue weighted by Gasteiger charge is 2.30. The Morgan fingerprint density at radius 2 is 1.84 bits per heavy atom. The normalized spacial score (nSPS) is 14.7. The Kier molecular flexibility index (Phi) is 7.24. The van der Waals surface area contributed by atoms with E-state index in [1.165, 1.54) is 0 Å². The molecule has 3 heterocycles. The Bertz CT molecular complexity index is 1430. The number of H-pyrrole nitrogens is 1. The summed E-state index contributed by atoms with van der Waals surface area (Å²) >= 11 is 0. The van der Waals surface area contributed by atoms with E-state index in [2.05, 4.69) is 26.3 Å². The molecule has 2 N–H and O–H groups in total. The first-order chi connectivity index (χ1) is 18.1. The van der Waals surface area contributed by atoms with E-state index in [-0.39, 0.29) is 11.8 Å². The number of aromatic nitrogens is 2. The Morgan fingerprint density at radius 1 is 1.03 bits per heavy atom. The number of pyridine rings is 1. The summed E-state index contributed by atoms with van der Waals surface area (Å²) < 4.78 is 0. The molecule has 8 heteroatoms. The van der Waals surface area contributed by atoms with Gasteiger partial charge in [-0.25, -0.2) is 4.98 Å². The van der Waals surface area contributed by atoms with Gasteiger partial charge in [0.1, 0.15) is 17.8 Å². The number of carbonyl (C=O) groups excluding carboxylic acids is 2. The van der Waals surface area contributed by atoms with Crippen LogP contribution >= 0.6 is 0 Å².